The van der Waals surface area contributed by atoms with Gasteiger partial charge in [0.15, 0.2) is 6.10 Å². The number of carbonyl (C=O) groups is 1. The van der Waals surface area contributed by atoms with Crippen LogP contribution in [0.5, 0.6) is 5.75 Å². The number of aliphatic carboxylic acids is 1. The molecular weight excluding hydrogens is 231 g/mol. The van der Waals surface area contributed by atoms with Crippen LogP contribution >= 0.6 is 11.6 Å². The van der Waals surface area contributed by atoms with Gasteiger partial charge < -0.3 is 11.3 Å². The third kappa shape index (κ3) is 4.77. The van der Waals surface area contributed by atoms with E-state index in [1.807, 2.05) is 0 Å². The molecule has 3 nitrogen and oxygen atoms in total. The molecule has 0 heterocycles. The number of ether oxygens (including phenoxy) is 1. The zero-order valence-electron chi connectivity index (χ0n) is 9.03. The van der Waals surface area contributed by atoms with Crippen molar-refractivity contribution in [3.05, 3.63) is 29.3 Å². The van der Waals surface area contributed by atoms with Crippen LogP contribution in [0.1, 0.15) is 8.35 Å². The van der Waals surface area contributed by atoms with E-state index in [1.165, 1.54) is 6.92 Å². The number of rotatable bonds is 3. The minimum Gasteiger partial charge on any atom is -1.00 e. The van der Waals surface area contributed by atoms with E-state index in [0.29, 0.717) is 10.8 Å². The molecule has 0 aliphatic rings. The molecule has 0 saturated heterocycles. The van der Waals surface area contributed by atoms with E-state index in [0.717, 1.165) is 0 Å². The van der Waals surface area contributed by atoms with Gasteiger partial charge in [-0.1, -0.05) is 11.6 Å². The molecule has 0 aliphatic heterocycles. The molecule has 1 aromatic carbocycles. The van der Waals surface area contributed by atoms with E-state index in [-0.39, 0.29) is 52.8 Å². The van der Waals surface area contributed by atoms with Crippen LogP contribution < -0.4 is 56.1 Å². The molecule has 14 heavy (non-hydrogen) atoms. The Kier molecular flexibility index (Phi) is 7.02. The van der Waals surface area contributed by atoms with Crippen LogP contribution in [0.3, 0.4) is 0 Å². The fourth-order valence-corrected chi connectivity index (χ4v) is 0.894. The van der Waals surface area contributed by atoms with Crippen LogP contribution in [-0.4, -0.2) is 17.2 Å². The maximum Gasteiger partial charge on any atom is 1.00 e. The number of carboxylic acid groups (broad SMARTS) is 1. The Labute approximate surface area is 131 Å². The van der Waals surface area contributed by atoms with E-state index in [2.05, 4.69) is 0 Å². The van der Waals surface area contributed by atoms with Gasteiger partial charge in [-0.25, -0.2) is 4.79 Å². The molecule has 5 heteroatoms. The van der Waals surface area contributed by atoms with Gasteiger partial charge in [-0.05, 0) is 31.2 Å². The van der Waals surface area contributed by atoms with Crippen LogP contribution in [0, 0.1) is 0 Å². The van der Waals surface area contributed by atoms with Crippen molar-refractivity contribution in [2.75, 3.05) is 0 Å². The molecule has 0 spiro atoms. The summed E-state index contributed by atoms with van der Waals surface area (Å²) in [5, 5.41) is 9.14. The van der Waals surface area contributed by atoms with Crippen LogP contribution in [0.2, 0.25) is 5.02 Å². The molecule has 72 valence electrons. The normalized spacial score (nSPS) is 11.3. The van der Waals surface area contributed by atoms with Gasteiger partial charge in [0.2, 0.25) is 0 Å². The Morgan fingerprint density at radius 2 is 2.00 bits per heavy atom. The molecule has 1 rings (SSSR count). The average molecular weight is 241 g/mol. The topological polar surface area (TPSA) is 46.5 Å². The second-order valence-electron chi connectivity index (χ2n) is 2.55. The standard InChI is InChI=1S/C9H9ClO3.K.H/c1-6(9(11)12)13-8-4-2-7(10)3-5-8;;/h2-6H,1H3,(H,11,12);;/q;+1;-1. The van der Waals surface area contributed by atoms with Gasteiger partial charge in [-0.2, -0.15) is 0 Å². The van der Waals surface area contributed by atoms with E-state index in [9.17, 15) is 4.79 Å². The second kappa shape index (κ2) is 6.82. The first-order valence-corrected chi connectivity index (χ1v) is 4.12. The Bertz CT molecular complexity index is 305. The first-order chi connectivity index (χ1) is 6.09. The van der Waals surface area contributed by atoms with E-state index < -0.39 is 12.1 Å². The number of hydrogen-bond acceptors (Lipinski definition) is 2. The van der Waals surface area contributed by atoms with Crippen LogP contribution in [0.15, 0.2) is 24.3 Å². The van der Waals surface area contributed by atoms with Gasteiger partial charge in [0.05, 0.1) is 0 Å². The number of benzene rings is 1. The van der Waals surface area contributed by atoms with Gasteiger partial charge in [-0.3, -0.25) is 0 Å². The molecular formula is C9H10ClKO3. The monoisotopic (exact) mass is 240 g/mol. The molecule has 0 saturated carbocycles. The van der Waals surface area contributed by atoms with E-state index >= 15 is 0 Å². The molecule has 0 fully saturated rings. The summed E-state index contributed by atoms with van der Waals surface area (Å²) in [6.45, 7) is 1.47. The number of carboxylic acids is 1. The third-order valence-electron chi connectivity index (χ3n) is 1.47. The van der Waals surface area contributed by atoms with Gasteiger partial charge in [0.1, 0.15) is 5.75 Å². The van der Waals surface area contributed by atoms with Crippen molar-refractivity contribution in [3.8, 4) is 5.75 Å². The molecule has 0 amide bonds. The van der Waals surface area contributed by atoms with Crippen molar-refractivity contribution >= 4 is 17.6 Å². The first kappa shape index (κ1) is 14.4. The van der Waals surface area contributed by atoms with Gasteiger partial charge in [-0.15, -0.1) is 0 Å². The van der Waals surface area contributed by atoms with E-state index in [1.54, 1.807) is 24.3 Å². The molecule has 0 aromatic heterocycles. The fourth-order valence-electron chi connectivity index (χ4n) is 0.768. The van der Waals surface area contributed by atoms with Gasteiger partial charge in [0.25, 0.3) is 0 Å². The molecule has 0 aliphatic carbocycles. The van der Waals surface area contributed by atoms with Crippen molar-refractivity contribution < 1.29 is 67.4 Å². The van der Waals surface area contributed by atoms with Crippen LogP contribution in [0.4, 0.5) is 0 Å². The van der Waals surface area contributed by atoms with Crippen molar-refractivity contribution in [1.29, 1.82) is 0 Å². The summed E-state index contributed by atoms with van der Waals surface area (Å²) in [7, 11) is 0. The molecule has 1 aromatic rings. The summed E-state index contributed by atoms with van der Waals surface area (Å²) in [6.07, 6.45) is -0.846. The van der Waals surface area contributed by atoms with Crippen LogP contribution in [-0.2, 0) is 4.79 Å². The predicted octanol–water partition coefficient (Wildman–Crippen LogP) is -0.692. The summed E-state index contributed by atoms with van der Waals surface area (Å²) < 4.78 is 5.07. The SMILES string of the molecule is CC(Oc1ccc(Cl)cc1)C(=O)O.[H-].[K+]. The summed E-state index contributed by atoms with van der Waals surface area (Å²) in [5.41, 5.74) is 0. The van der Waals surface area contributed by atoms with Crippen molar-refractivity contribution in [2.45, 2.75) is 13.0 Å². The molecule has 1 unspecified atom stereocenters. The Hall–Kier alpha value is 0.416. The van der Waals surface area contributed by atoms with Crippen molar-refractivity contribution in [2.24, 2.45) is 0 Å². The average Bonchev–Trinajstić information content (AvgIpc) is 2.08. The number of hydrogen-bond donors (Lipinski definition) is 1. The summed E-state index contributed by atoms with van der Waals surface area (Å²) >= 11 is 5.64. The van der Waals surface area contributed by atoms with Crippen molar-refractivity contribution in [3.63, 3.8) is 0 Å². The zero-order chi connectivity index (χ0) is 9.84. The van der Waals surface area contributed by atoms with E-state index in [4.69, 9.17) is 21.4 Å². The fraction of sp³-hybridized carbons (Fsp3) is 0.222. The smallest absolute Gasteiger partial charge is 1.00 e. The summed E-state index contributed by atoms with van der Waals surface area (Å²) in [5.74, 6) is -0.491. The van der Waals surface area contributed by atoms with Crippen LogP contribution in [0.25, 0.3) is 0 Å². The third-order valence-corrected chi connectivity index (χ3v) is 1.73. The maximum atomic E-state index is 10.4. The minimum atomic E-state index is -0.991. The minimum absolute atomic E-state index is 0. The first-order valence-electron chi connectivity index (χ1n) is 3.74. The molecule has 1 atom stereocenters. The maximum absolute atomic E-state index is 10.4. The largest absolute Gasteiger partial charge is 1.00 e. The predicted molar refractivity (Wildman–Crippen MR) is 50.3 cm³/mol. The van der Waals surface area contributed by atoms with Crippen molar-refractivity contribution in [1.82, 2.24) is 0 Å². The summed E-state index contributed by atoms with van der Waals surface area (Å²) in [4.78, 5) is 10.4. The second-order valence-corrected chi connectivity index (χ2v) is 2.99. The molecule has 0 bridgehead atoms. The zero-order valence-corrected chi connectivity index (χ0v) is 11.9. The molecule has 1 N–H and O–H groups in total. The van der Waals surface area contributed by atoms with Gasteiger partial charge in [0, 0.05) is 5.02 Å². The Morgan fingerprint density at radius 1 is 1.50 bits per heavy atom. The Morgan fingerprint density at radius 3 is 2.43 bits per heavy atom. The quantitative estimate of drug-likeness (QED) is 0.712. The molecule has 0 radical (unpaired) electrons. The number of halogens is 1. The Balaban J connectivity index is 0. The van der Waals surface area contributed by atoms with Gasteiger partial charge >= 0.3 is 57.4 Å². The summed E-state index contributed by atoms with van der Waals surface area (Å²) in [6, 6.07) is 6.54.